The van der Waals surface area contributed by atoms with Crippen molar-refractivity contribution in [2.24, 2.45) is 11.8 Å². The normalized spacial score (nSPS) is 18.5. The fourth-order valence-electron chi connectivity index (χ4n) is 2.99. The molecule has 1 heterocycles. The van der Waals surface area contributed by atoms with E-state index >= 15 is 0 Å². The first kappa shape index (κ1) is 12.4. The van der Waals surface area contributed by atoms with Gasteiger partial charge in [-0.25, -0.2) is 4.98 Å². The van der Waals surface area contributed by atoms with Crippen molar-refractivity contribution in [1.82, 2.24) is 4.98 Å². The van der Waals surface area contributed by atoms with Crippen molar-refractivity contribution in [2.45, 2.75) is 38.6 Å². The fourth-order valence-corrected chi connectivity index (χ4v) is 3.61. The molecule has 0 aliphatic heterocycles. The first-order valence-corrected chi connectivity index (χ1v) is 8.47. The summed E-state index contributed by atoms with van der Waals surface area (Å²) >= 11 is 1.72. The summed E-state index contributed by atoms with van der Waals surface area (Å²) in [5, 5.41) is 7.07. The standard InChI is InChI=1S/C17H20N2S/c1-11-18-16(10-20-11)14-3-2-4-15(9-14)19-17(12-5-6-12)13-7-8-13/h2-4,9-10,12-13,17,19H,5-8H2,1H3. The van der Waals surface area contributed by atoms with Crippen LogP contribution >= 0.6 is 11.3 Å². The molecule has 2 aliphatic carbocycles. The molecule has 1 N–H and O–H groups in total. The summed E-state index contributed by atoms with van der Waals surface area (Å²) < 4.78 is 0. The van der Waals surface area contributed by atoms with Gasteiger partial charge in [0.05, 0.1) is 10.7 Å². The van der Waals surface area contributed by atoms with E-state index in [0.717, 1.165) is 22.5 Å². The third-order valence-electron chi connectivity index (χ3n) is 4.37. The monoisotopic (exact) mass is 284 g/mol. The van der Waals surface area contributed by atoms with Crippen LogP contribution in [0.5, 0.6) is 0 Å². The lowest BCUT2D eigenvalue weighted by molar-refractivity contribution is 0.568. The van der Waals surface area contributed by atoms with Gasteiger partial charge in [0.15, 0.2) is 0 Å². The van der Waals surface area contributed by atoms with Crippen LogP contribution in [0.1, 0.15) is 30.7 Å². The highest BCUT2D eigenvalue weighted by atomic mass is 32.1. The highest BCUT2D eigenvalue weighted by Gasteiger charge is 2.41. The molecule has 2 aromatic rings. The Morgan fingerprint density at radius 3 is 2.55 bits per heavy atom. The quantitative estimate of drug-likeness (QED) is 0.859. The zero-order valence-electron chi connectivity index (χ0n) is 11.8. The summed E-state index contributed by atoms with van der Waals surface area (Å²) in [6, 6.07) is 9.46. The van der Waals surface area contributed by atoms with Gasteiger partial charge in [0.1, 0.15) is 0 Å². The van der Waals surface area contributed by atoms with E-state index < -0.39 is 0 Å². The number of hydrogen-bond acceptors (Lipinski definition) is 3. The van der Waals surface area contributed by atoms with E-state index in [4.69, 9.17) is 0 Å². The summed E-state index contributed by atoms with van der Waals surface area (Å²) in [4.78, 5) is 4.59. The van der Waals surface area contributed by atoms with E-state index in [2.05, 4.69) is 46.9 Å². The van der Waals surface area contributed by atoms with E-state index in [0.29, 0.717) is 6.04 Å². The van der Waals surface area contributed by atoms with Crippen molar-refractivity contribution < 1.29 is 0 Å². The van der Waals surface area contributed by atoms with Crippen LogP contribution in [-0.4, -0.2) is 11.0 Å². The van der Waals surface area contributed by atoms with Crippen LogP contribution in [0, 0.1) is 18.8 Å². The highest BCUT2D eigenvalue weighted by Crippen LogP contribution is 2.46. The third-order valence-corrected chi connectivity index (χ3v) is 5.14. The average Bonchev–Trinajstić information content (AvgIpc) is 3.36. The fraction of sp³-hybridized carbons (Fsp3) is 0.471. The van der Waals surface area contributed by atoms with Crippen molar-refractivity contribution >= 4 is 17.0 Å². The minimum atomic E-state index is 0.711. The zero-order chi connectivity index (χ0) is 13.5. The lowest BCUT2D eigenvalue weighted by atomic mass is 10.1. The van der Waals surface area contributed by atoms with Crippen LogP contribution in [0.3, 0.4) is 0 Å². The van der Waals surface area contributed by atoms with E-state index in [1.54, 1.807) is 11.3 Å². The Morgan fingerprint density at radius 2 is 1.95 bits per heavy atom. The first-order valence-electron chi connectivity index (χ1n) is 7.59. The molecule has 104 valence electrons. The zero-order valence-corrected chi connectivity index (χ0v) is 12.6. The number of nitrogens with one attached hydrogen (secondary N) is 1. The second-order valence-electron chi connectivity index (χ2n) is 6.18. The minimum Gasteiger partial charge on any atom is -0.382 e. The molecule has 0 spiro atoms. The molecule has 2 aliphatic rings. The lowest BCUT2D eigenvalue weighted by Gasteiger charge is -2.19. The molecule has 0 saturated heterocycles. The molecule has 2 fully saturated rings. The molecule has 0 atom stereocenters. The largest absolute Gasteiger partial charge is 0.382 e. The van der Waals surface area contributed by atoms with Crippen molar-refractivity contribution in [3.05, 3.63) is 34.7 Å². The molecular formula is C17H20N2S. The molecule has 3 heteroatoms. The molecular weight excluding hydrogens is 264 g/mol. The van der Waals surface area contributed by atoms with Gasteiger partial charge in [0, 0.05) is 22.7 Å². The van der Waals surface area contributed by atoms with Crippen LogP contribution in [0.2, 0.25) is 0 Å². The Hall–Kier alpha value is -1.35. The van der Waals surface area contributed by atoms with Crippen LogP contribution in [0.25, 0.3) is 11.3 Å². The Kier molecular flexibility index (Phi) is 3.03. The number of rotatable bonds is 5. The molecule has 2 nitrogen and oxygen atoms in total. The Balaban J connectivity index is 1.56. The summed E-state index contributed by atoms with van der Waals surface area (Å²) in [7, 11) is 0. The van der Waals surface area contributed by atoms with E-state index in [9.17, 15) is 0 Å². The van der Waals surface area contributed by atoms with Crippen molar-refractivity contribution in [3.63, 3.8) is 0 Å². The maximum absolute atomic E-state index is 4.59. The van der Waals surface area contributed by atoms with Crippen molar-refractivity contribution in [3.8, 4) is 11.3 Å². The van der Waals surface area contributed by atoms with Crippen LogP contribution in [-0.2, 0) is 0 Å². The van der Waals surface area contributed by atoms with Crippen molar-refractivity contribution in [1.29, 1.82) is 0 Å². The Morgan fingerprint density at radius 1 is 1.20 bits per heavy atom. The van der Waals surface area contributed by atoms with Crippen LogP contribution in [0.15, 0.2) is 29.6 Å². The van der Waals surface area contributed by atoms with Gasteiger partial charge in [-0.05, 0) is 56.6 Å². The van der Waals surface area contributed by atoms with Gasteiger partial charge in [-0.2, -0.15) is 0 Å². The number of aryl methyl sites for hydroxylation is 1. The average molecular weight is 284 g/mol. The number of aromatic nitrogens is 1. The number of benzene rings is 1. The number of thiazole rings is 1. The highest BCUT2D eigenvalue weighted by molar-refractivity contribution is 7.09. The predicted octanol–water partition coefficient (Wildman–Crippen LogP) is 4.72. The van der Waals surface area contributed by atoms with Gasteiger partial charge in [-0.1, -0.05) is 12.1 Å². The van der Waals surface area contributed by atoms with Crippen LogP contribution in [0.4, 0.5) is 5.69 Å². The van der Waals surface area contributed by atoms with Crippen molar-refractivity contribution in [2.75, 3.05) is 5.32 Å². The number of hydrogen-bond donors (Lipinski definition) is 1. The molecule has 4 rings (SSSR count). The van der Waals surface area contributed by atoms with Gasteiger partial charge in [-0.3, -0.25) is 0 Å². The molecule has 0 bridgehead atoms. The molecule has 20 heavy (non-hydrogen) atoms. The lowest BCUT2D eigenvalue weighted by Crippen LogP contribution is -2.24. The van der Waals surface area contributed by atoms with Gasteiger partial charge in [-0.15, -0.1) is 11.3 Å². The second kappa shape index (κ2) is 4.88. The molecule has 0 radical (unpaired) electrons. The number of nitrogens with zero attached hydrogens (tertiary/aromatic N) is 1. The Labute approximate surface area is 124 Å². The first-order chi connectivity index (χ1) is 9.79. The van der Waals surface area contributed by atoms with E-state index in [1.165, 1.54) is 36.9 Å². The molecule has 0 amide bonds. The number of anilines is 1. The predicted molar refractivity (Wildman–Crippen MR) is 85.1 cm³/mol. The smallest absolute Gasteiger partial charge is 0.0901 e. The SMILES string of the molecule is Cc1nc(-c2cccc(NC(C3CC3)C3CC3)c2)cs1. The van der Waals surface area contributed by atoms with Gasteiger partial charge < -0.3 is 5.32 Å². The maximum atomic E-state index is 4.59. The summed E-state index contributed by atoms with van der Waals surface area (Å²) in [5.74, 6) is 1.85. The summed E-state index contributed by atoms with van der Waals surface area (Å²) in [6.45, 7) is 2.06. The molecule has 1 aromatic carbocycles. The van der Waals surface area contributed by atoms with E-state index in [-0.39, 0.29) is 0 Å². The topological polar surface area (TPSA) is 24.9 Å². The maximum Gasteiger partial charge on any atom is 0.0901 e. The summed E-state index contributed by atoms with van der Waals surface area (Å²) in [5.41, 5.74) is 3.59. The third kappa shape index (κ3) is 2.59. The van der Waals surface area contributed by atoms with E-state index in [1.807, 2.05) is 0 Å². The van der Waals surface area contributed by atoms with Gasteiger partial charge >= 0.3 is 0 Å². The van der Waals surface area contributed by atoms with Gasteiger partial charge in [0.2, 0.25) is 0 Å². The second-order valence-corrected chi connectivity index (χ2v) is 7.24. The van der Waals surface area contributed by atoms with Crippen LogP contribution < -0.4 is 5.32 Å². The molecule has 0 unspecified atom stereocenters. The molecule has 2 saturated carbocycles. The Bertz CT molecular complexity index is 599. The molecule has 1 aromatic heterocycles. The summed E-state index contributed by atoms with van der Waals surface area (Å²) in [6.07, 6.45) is 5.66. The minimum absolute atomic E-state index is 0.711. The van der Waals surface area contributed by atoms with Gasteiger partial charge in [0.25, 0.3) is 0 Å².